The number of esters is 1. The maximum Gasteiger partial charge on any atom is 0.321 e. The quantitative estimate of drug-likeness (QED) is 0.571. The Bertz CT molecular complexity index is 847. The van der Waals surface area contributed by atoms with Gasteiger partial charge < -0.3 is 10.1 Å². The van der Waals surface area contributed by atoms with E-state index in [1.807, 2.05) is 6.92 Å². The van der Waals surface area contributed by atoms with E-state index in [2.05, 4.69) is 15.4 Å². The van der Waals surface area contributed by atoms with Crippen molar-refractivity contribution in [1.29, 1.82) is 0 Å². The van der Waals surface area contributed by atoms with Crippen molar-refractivity contribution in [3.63, 3.8) is 0 Å². The Morgan fingerprint density at radius 3 is 2.43 bits per heavy atom. The molecule has 10 heteroatoms. The number of benzene rings is 1. The molecule has 0 unspecified atom stereocenters. The van der Waals surface area contributed by atoms with Gasteiger partial charge in [0.05, 0.1) is 4.90 Å². The third kappa shape index (κ3) is 6.61. The van der Waals surface area contributed by atoms with Gasteiger partial charge >= 0.3 is 12.0 Å². The number of hydrogen-bond acceptors (Lipinski definition) is 6. The number of amides is 3. The molecule has 1 aliphatic rings. The zero-order valence-corrected chi connectivity index (χ0v) is 16.7. The van der Waals surface area contributed by atoms with E-state index < -0.39 is 41.1 Å². The number of carbonyl (C=O) groups is 3. The molecule has 1 aromatic carbocycles. The summed E-state index contributed by atoms with van der Waals surface area (Å²) in [7, 11) is -3.88. The van der Waals surface area contributed by atoms with Crippen LogP contribution in [0, 0.1) is 13.8 Å². The van der Waals surface area contributed by atoms with Crippen LogP contribution in [-0.2, 0) is 24.3 Å². The smallest absolute Gasteiger partial charge is 0.321 e. The Morgan fingerprint density at radius 2 is 1.79 bits per heavy atom. The fourth-order valence-corrected chi connectivity index (χ4v) is 3.82. The summed E-state index contributed by atoms with van der Waals surface area (Å²) in [5.74, 6) is -1.72. The second kappa shape index (κ2) is 9.65. The number of ether oxygens (including phenoxy) is 1. The van der Waals surface area contributed by atoms with Gasteiger partial charge in [-0.15, -0.1) is 0 Å². The highest BCUT2D eigenvalue weighted by Crippen LogP contribution is 2.17. The highest BCUT2D eigenvalue weighted by molar-refractivity contribution is 7.89. The summed E-state index contributed by atoms with van der Waals surface area (Å²) in [6.07, 6.45) is 3.82. The molecule has 0 atom stereocenters. The van der Waals surface area contributed by atoms with Gasteiger partial charge in [0, 0.05) is 6.04 Å². The monoisotopic (exact) mass is 411 g/mol. The van der Waals surface area contributed by atoms with Gasteiger partial charge in [-0.3, -0.25) is 14.9 Å². The molecule has 0 aromatic heterocycles. The van der Waals surface area contributed by atoms with E-state index in [1.165, 1.54) is 12.1 Å². The topological polar surface area (TPSA) is 131 Å². The molecule has 1 aromatic rings. The van der Waals surface area contributed by atoms with E-state index in [9.17, 15) is 22.8 Å². The first-order valence-corrected chi connectivity index (χ1v) is 10.5. The molecule has 1 fully saturated rings. The van der Waals surface area contributed by atoms with Crippen molar-refractivity contribution >= 4 is 27.9 Å². The van der Waals surface area contributed by atoms with Crippen LogP contribution in [0.3, 0.4) is 0 Å². The third-order valence-electron chi connectivity index (χ3n) is 4.50. The van der Waals surface area contributed by atoms with Crippen LogP contribution >= 0.6 is 0 Å². The summed E-state index contributed by atoms with van der Waals surface area (Å²) in [5.41, 5.74) is 1.75. The highest BCUT2D eigenvalue weighted by Gasteiger charge is 2.20. The number of urea groups is 1. The lowest BCUT2D eigenvalue weighted by atomic mass is 10.1. The minimum atomic E-state index is -3.88. The van der Waals surface area contributed by atoms with Crippen molar-refractivity contribution in [2.75, 3.05) is 13.2 Å². The lowest BCUT2D eigenvalue weighted by Gasteiger charge is -2.12. The Labute approximate surface area is 164 Å². The van der Waals surface area contributed by atoms with Crippen molar-refractivity contribution in [1.82, 2.24) is 15.4 Å². The maximum atomic E-state index is 12.2. The zero-order chi connectivity index (χ0) is 20.7. The summed E-state index contributed by atoms with van der Waals surface area (Å²) in [4.78, 5) is 35.0. The van der Waals surface area contributed by atoms with Crippen LogP contribution in [0.15, 0.2) is 23.1 Å². The molecule has 1 aliphatic carbocycles. The van der Waals surface area contributed by atoms with Crippen molar-refractivity contribution in [3.8, 4) is 0 Å². The molecule has 28 heavy (non-hydrogen) atoms. The van der Waals surface area contributed by atoms with Crippen molar-refractivity contribution < 1.29 is 27.5 Å². The summed E-state index contributed by atoms with van der Waals surface area (Å²) in [5, 5.41) is 4.73. The fourth-order valence-electron chi connectivity index (χ4n) is 2.77. The van der Waals surface area contributed by atoms with Gasteiger partial charge in [-0.1, -0.05) is 18.9 Å². The predicted octanol–water partition coefficient (Wildman–Crippen LogP) is 0.893. The van der Waals surface area contributed by atoms with Gasteiger partial charge in [0.1, 0.15) is 6.54 Å². The van der Waals surface area contributed by atoms with Crippen molar-refractivity contribution in [3.05, 3.63) is 29.3 Å². The first-order chi connectivity index (χ1) is 13.2. The highest BCUT2D eigenvalue weighted by atomic mass is 32.2. The number of aryl methyl sites for hydroxylation is 2. The van der Waals surface area contributed by atoms with Gasteiger partial charge in [0.25, 0.3) is 5.91 Å². The maximum absolute atomic E-state index is 12.2. The van der Waals surface area contributed by atoms with Gasteiger partial charge in [0.2, 0.25) is 10.0 Å². The molecule has 0 bridgehead atoms. The largest absolute Gasteiger partial charge is 0.455 e. The lowest BCUT2D eigenvalue weighted by molar-refractivity contribution is -0.147. The average Bonchev–Trinajstić information content (AvgIpc) is 3.13. The number of carbonyl (C=O) groups excluding carboxylic acids is 3. The minimum absolute atomic E-state index is 0.0322. The molecule has 3 amide bonds. The van der Waals surface area contributed by atoms with Gasteiger partial charge in [0.15, 0.2) is 6.61 Å². The first-order valence-electron chi connectivity index (χ1n) is 9.00. The number of nitrogens with one attached hydrogen (secondary N) is 3. The molecule has 0 spiro atoms. The Hall–Kier alpha value is -2.46. The SMILES string of the molecule is Cc1ccc(S(=O)(=O)NCC(=O)OCC(=O)NC(=O)NC2CCCC2)cc1C. The zero-order valence-electron chi connectivity index (χ0n) is 15.9. The van der Waals surface area contributed by atoms with E-state index in [-0.39, 0.29) is 10.9 Å². The van der Waals surface area contributed by atoms with E-state index >= 15 is 0 Å². The second-order valence-corrected chi connectivity index (χ2v) is 8.50. The van der Waals surface area contributed by atoms with Crippen molar-refractivity contribution in [2.45, 2.75) is 50.5 Å². The summed E-state index contributed by atoms with van der Waals surface area (Å²) < 4.78 is 31.2. The molecule has 0 aliphatic heterocycles. The van der Waals surface area contributed by atoms with Crippen LogP contribution in [-0.4, -0.2) is 45.5 Å². The summed E-state index contributed by atoms with van der Waals surface area (Å²) in [6, 6.07) is 4.02. The molecule has 1 saturated carbocycles. The summed E-state index contributed by atoms with van der Waals surface area (Å²) >= 11 is 0. The Kier molecular flexibility index (Phi) is 7.53. The second-order valence-electron chi connectivity index (χ2n) is 6.73. The minimum Gasteiger partial charge on any atom is -0.455 e. The van der Waals surface area contributed by atoms with E-state index in [0.717, 1.165) is 36.8 Å². The van der Waals surface area contributed by atoms with Crippen LogP contribution in [0.2, 0.25) is 0 Å². The molecule has 9 nitrogen and oxygen atoms in total. The van der Waals surface area contributed by atoms with Crippen molar-refractivity contribution in [2.24, 2.45) is 0 Å². The fraction of sp³-hybridized carbons (Fsp3) is 0.500. The molecular formula is C18H25N3O6S. The average molecular weight is 411 g/mol. The normalized spacial score (nSPS) is 14.5. The Morgan fingerprint density at radius 1 is 1.11 bits per heavy atom. The van der Waals surface area contributed by atoms with E-state index in [0.29, 0.717) is 0 Å². The van der Waals surface area contributed by atoms with Gasteiger partial charge in [-0.2, -0.15) is 4.72 Å². The number of imide groups is 1. The molecule has 154 valence electrons. The third-order valence-corrected chi connectivity index (χ3v) is 5.90. The van der Waals surface area contributed by atoms with E-state index in [1.54, 1.807) is 13.0 Å². The van der Waals surface area contributed by atoms with Gasteiger partial charge in [-0.25, -0.2) is 13.2 Å². The van der Waals surface area contributed by atoms with Crippen LogP contribution < -0.4 is 15.4 Å². The molecule has 0 saturated heterocycles. The van der Waals surface area contributed by atoms with Crippen LogP contribution in [0.1, 0.15) is 36.8 Å². The summed E-state index contributed by atoms with van der Waals surface area (Å²) in [6.45, 7) is 2.33. The molecule has 0 radical (unpaired) electrons. The number of hydrogen-bond donors (Lipinski definition) is 3. The van der Waals surface area contributed by atoms with E-state index in [4.69, 9.17) is 4.74 Å². The van der Waals surface area contributed by atoms with Gasteiger partial charge in [-0.05, 0) is 49.9 Å². The van der Waals surface area contributed by atoms with Crippen LogP contribution in [0.4, 0.5) is 4.79 Å². The molecule has 0 heterocycles. The molecular weight excluding hydrogens is 386 g/mol. The van der Waals surface area contributed by atoms with Crippen LogP contribution in [0.25, 0.3) is 0 Å². The first kappa shape index (κ1) is 21.8. The molecule has 3 N–H and O–H groups in total. The lowest BCUT2D eigenvalue weighted by Crippen LogP contribution is -2.45. The Balaban J connectivity index is 1.73. The van der Waals surface area contributed by atoms with Crippen LogP contribution in [0.5, 0.6) is 0 Å². The standard InChI is InChI=1S/C18H25N3O6S/c1-12-7-8-15(9-13(12)2)28(25,26)19-10-17(23)27-11-16(22)21-18(24)20-14-5-3-4-6-14/h7-9,14,19H,3-6,10-11H2,1-2H3,(H2,20,21,22,24). The number of sulfonamides is 1. The molecule has 2 rings (SSSR count). The number of rotatable bonds is 7. The predicted molar refractivity (Wildman–Crippen MR) is 101 cm³/mol.